The molecule has 0 bridgehead atoms. The normalized spacial score (nSPS) is 14.9. The van der Waals surface area contributed by atoms with E-state index < -0.39 is 5.97 Å². The molecule has 2 heterocycles. The van der Waals surface area contributed by atoms with Crippen LogP contribution in [-0.2, 0) is 4.79 Å². The predicted octanol–water partition coefficient (Wildman–Crippen LogP) is 3.28. The third kappa shape index (κ3) is 3.10. The Morgan fingerprint density at radius 3 is 2.65 bits per heavy atom. The first kappa shape index (κ1) is 14.4. The molecule has 0 saturated heterocycles. The first-order valence-electron chi connectivity index (χ1n) is 6.96. The van der Waals surface area contributed by atoms with Crippen molar-refractivity contribution in [2.24, 2.45) is 0 Å². The highest BCUT2D eigenvalue weighted by Gasteiger charge is 2.18. The molecule has 0 unspecified atom stereocenters. The number of nitrogens with zero attached hydrogens (tertiary/aromatic N) is 2. The third-order valence-electron chi connectivity index (χ3n) is 3.60. The van der Waals surface area contributed by atoms with Crippen LogP contribution in [0.2, 0.25) is 0 Å². The van der Waals surface area contributed by atoms with Gasteiger partial charge in [0.15, 0.2) is 0 Å². The Morgan fingerprint density at radius 1 is 1.40 bits per heavy atom. The van der Waals surface area contributed by atoms with Crippen molar-refractivity contribution in [3.05, 3.63) is 24.5 Å². The van der Waals surface area contributed by atoms with E-state index in [-0.39, 0.29) is 0 Å². The molecule has 2 N–H and O–H groups in total. The molecule has 20 heavy (non-hydrogen) atoms. The highest BCUT2D eigenvalue weighted by molar-refractivity contribution is 5.90. The number of anilines is 1. The van der Waals surface area contributed by atoms with Gasteiger partial charge in [-0.3, -0.25) is 4.79 Å². The Balaban J connectivity index is 0.000000328. The van der Waals surface area contributed by atoms with E-state index in [1.54, 1.807) is 0 Å². The molecule has 1 aliphatic rings. The largest absolute Gasteiger partial charge is 0.481 e. The molecule has 0 aromatic carbocycles. The summed E-state index contributed by atoms with van der Waals surface area (Å²) in [5.41, 5.74) is 1.31. The minimum Gasteiger partial charge on any atom is -0.481 e. The lowest BCUT2D eigenvalue weighted by atomic mass is 10.2. The molecule has 1 fully saturated rings. The summed E-state index contributed by atoms with van der Waals surface area (Å²) >= 11 is 0. The Kier molecular flexibility index (Phi) is 4.61. The van der Waals surface area contributed by atoms with Crippen LogP contribution in [0.4, 0.5) is 5.82 Å². The molecule has 3 rings (SSSR count). The van der Waals surface area contributed by atoms with Gasteiger partial charge >= 0.3 is 0 Å². The maximum Gasteiger partial charge on any atom is 0.300 e. The molecular weight excluding hydrogens is 254 g/mol. The fourth-order valence-electron chi connectivity index (χ4n) is 2.79. The molecular formula is C15H21N3O2. The van der Waals surface area contributed by atoms with Crippen LogP contribution in [-0.4, -0.2) is 27.7 Å². The summed E-state index contributed by atoms with van der Waals surface area (Å²) < 4.78 is 2.42. The van der Waals surface area contributed by atoms with Crippen molar-refractivity contribution in [2.75, 3.05) is 12.4 Å². The second kappa shape index (κ2) is 6.41. The second-order valence-corrected chi connectivity index (χ2v) is 5.02. The van der Waals surface area contributed by atoms with Crippen LogP contribution >= 0.6 is 0 Å². The van der Waals surface area contributed by atoms with Gasteiger partial charge in [-0.05, 0) is 25.0 Å². The minimum absolute atomic E-state index is 0.699. The van der Waals surface area contributed by atoms with Crippen LogP contribution in [0.25, 0.3) is 10.9 Å². The maximum absolute atomic E-state index is 9.00. The van der Waals surface area contributed by atoms with Gasteiger partial charge in [0, 0.05) is 37.8 Å². The lowest BCUT2D eigenvalue weighted by Gasteiger charge is -2.13. The lowest BCUT2D eigenvalue weighted by molar-refractivity contribution is -0.134. The molecule has 0 radical (unpaired) electrons. The van der Waals surface area contributed by atoms with Crippen LogP contribution < -0.4 is 5.32 Å². The Morgan fingerprint density at radius 2 is 2.05 bits per heavy atom. The summed E-state index contributed by atoms with van der Waals surface area (Å²) in [5.74, 6) is 0.147. The topological polar surface area (TPSA) is 67.2 Å². The van der Waals surface area contributed by atoms with Crippen molar-refractivity contribution in [3.63, 3.8) is 0 Å². The summed E-state index contributed by atoms with van der Waals surface area (Å²) in [4.78, 5) is 13.3. The quantitative estimate of drug-likeness (QED) is 0.882. The first-order chi connectivity index (χ1) is 9.63. The number of hydrogen-bond acceptors (Lipinski definition) is 3. The Hall–Kier alpha value is -2.04. The number of carboxylic acid groups (broad SMARTS) is 1. The van der Waals surface area contributed by atoms with E-state index in [0.29, 0.717) is 6.04 Å². The molecule has 1 aliphatic carbocycles. The zero-order chi connectivity index (χ0) is 14.5. The van der Waals surface area contributed by atoms with Crippen LogP contribution in [0.1, 0.15) is 38.6 Å². The zero-order valence-electron chi connectivity index (χ0n) is 12.0. The number of rotatable bonds is 2. The molecule has 2 aromatic rings. The van der Waals surface area contributed by atoms with Gasteiger partial charge < -0.3 is 15.0 Å². The van der Waals surface area contributed by atoms with Crippen molar-refractivity contribution in [1.82, 2.24) is 9.55 Å². The summed E-state index contributed by atoms with van der Waals surface area (Å²) in [7, 11) is 1.93. The van der Waals surface area contributed by atoms with E-state index in [0.717, 1.165) is 12.7 Å². The molecule has 0 aliphatic heterocycles. The van der Waals surface area contributed by atoms with Crippen LogP contribution in [0.15, 0.2) is 24.5 Å². The van der Waals surface area contributed by atoms with E-state index in [2.05, 4.69) is 33.2 Å². The van der Waals surface area contributed by atoms with Gasteiger partial charge in [0.05, 0.1) is 5.52 Å². The van der Waals surface area contributed by atoms with E-state index in [4.69, 9.17) is 9.90 Å². The number of carbonyl (C=O) groups is 1. The van der Waals surface area contributed by atoms with Crippen LogP contribution in [0.3, 0.4) is 0 Å². The van der Waals surface area contributed by atoms with Crippen molar-refractivity contribution in [1.29, 1.82) is 0 Å². The third-order valence-corrected chi connectivity index (χ3v) is 3.60. The molecule has 1 saturated carbocycles. The minimum atomic E-state index is -0.833. The van der Waals surface area contributed by atoms with Gasteiger partial charge in [0.1, 0.15) is 5.82 Å². The Labute approximate surface area is 118 Å². The molecule has 2 aromatic heterocycles. The van der Waals surface area contributed by atoms with Gasteiger partial charge in [0.25, 0.3) is 5.97 Å². The number of nitrogens with one attached hydrogen (secondary N) is 1. The zero-order valence-corrected chi connectivity index (χ0v) is 12.0. The second-order valence-electron chi connectivity index (χ2n) is 5.02. The SMILES string of the molecule is CC(=O)O.CNc1nccc2c1ccn2C1CCCC1. The van der Waals surface area contributed by atoms with Gasteiger partial charge in [0.2, 0.25) is 0 Å². The standard InChI is InChI=1S/C13H17N3.C2H4O2/c1-14-13-11-7-9-16(10-4-2-3-5-10)12(11)6-8-15-13;1-2(3)4/h6-10H,2-5H2,1H3,(H,14,15);1H3,(H,3,4). The van der Waals surface area contributed by atoms with E-state index >= 15 is 0 Å². The average molecular weight is 275 g/mol. The molecule has 108 valence electrons. The Bertz CT molecular complexity index is 582. The van der Waals surface area contributed by atoms with Gasteiger partial charge in [-0.1, -0.05) is 12.8 Å². The van der Waals surface area contributed by atoms with Crippen molar-refractivity contribution in [3.8, 4) is 0 Å². The maximum atomic E-state index is 9.00. The number of hydrogen-bond donors (Lipinski definition) is 2. The average Bonchev–Trinajstić information content (AvgIpc) is 3.05. The monoisotopic (exact) mass is 275 g/mol. The fraction of sp³-hybridized carbons (Fsp3) is 0.467. The highest BCUT2D eigenvalue weighted by Crippen LogP contribution is 2.33. The van der Waals surface area contributed by atoms with Crippen molar-refractivity contribution < 1.29 is 9.90 Å². The van der Waals surface area contributed by atoms with Crippen LogP contribution in [0, 0.1) is 0 Å². The lowest BCUT2D eigenvalue weighted by Crippen LogP contribution is -2.02. The number of carboxylic acids is 1. The van der Waals surface area contributed by atoms with E-state index in [1.165, 1.54) is 36.6 Å². The first-order valence-corrected chi connectivity index (χ1v) is 6.96. The molecule has 0 spiro atoms. The van der Waals surface area contributed by atoms with Crippen LogP contribution in [0.5, 0.6) is 0 Å². The molecule has 5 nitrogen and oxygen atoms in total. The van der Waals surface area contributed by atoms with Crippen molar-refractivity contribution >= 4 is 22.7 Å². The molecule has 5 heteroatoms. The number of aromatic nitrogens is 2. The van der Waals surface area contributed by atoms with Crippen molar-refractivity contribution in [2.45, 2.75) is 38.6 Å². The highest BCUT2D eigenvalue weighted by atomic mass is 16.4. The summed E-state index contributed by atoms with van der Waals surface area (Å²) in [5, 5.41) is 11.8. The molecule has 0 amide bonds. The van der Waals surface area contributed by atoms with E-state index in [1.807, 2.05) is 13.2 Å². The summed E-state index contributed by atoms with van der Waals surface area (Å²) in [6.45, 7) is 1.08. The molecule has 0 atom stereocenters. The predicted molar refractivity (Wildman–Crippen MR) is 80.1 cm³/mol. The number of fused-ring (bicyclic) bond motifs is 1. The van der Waals surface area contributed by atoms with E-state index in [9.17, 15) is 0 Å². The van der Waals surface area contributed by atoms with Gasteiger partial charge in [-0.2, -0.15) is 0 Å². The van der Waals surface area contributed by atoms with Gasteiger partial charge in [-0.25, -0.2) is 4.98 Å². The number of aliphatic carboxylic acids is 1. The summed E-state index contributed by atoms with van der Waals surface area (Å²) in [6, 6.07) is 4.99. The fourth-order valence-corrected chi connectivity index (χ4v) is 2.79. The number of pyridine rings is 1. The smallest absolute Gasteiger partial charge is 0.300 e. The summed E-state index contributed by atoms with van der Waals surface area (Å²) in [6.07, 6.45) is 9.48. The van der Waals surface area contributed by atoms with Gasteiger partial charge in [-0.15, -0.1) is 0 Å².